The molecule has 0 spiro atoms. The monoisotopic (exact) mass is 400 g/mol. The minimum Gasteiger partial charge on any atom is -0.358 e. The van der Waals surface area contributed by atoms with Gasteiger partial charge in [0, 0.05) is 24.1 Å². The molecule has 0 aromatic carbocycles. The first-order valence-corrected chi connectivity index (χ1v) is 10.3. The van der Waals surface area contributed by atoms with E-state index in [4.69, 9.17) is 0 Å². The van der Waals surface area contributed by atoms with Crippen LogP contribution in [-0.2, 0) is 16.2 Å². The van der Waals surface area contributed by atoms with Crippen LogP contribution in [0.5, 0.6) is 0 Å². The van der Waals surface area contributed by atoms with Gasteiger partial charge in [-0.1, -0.05) is 0 Å². The van der Waals surface area contributed by atoms with E-state index < -0.39 is 26.8 Å². The SMILES string of the molecule is CC(C)(C)S(=O)(=O)NC[C@H]1CC[C@H](Nc2nc(C(F)(F)F)ns2)CC1. The molecule has 11 heteroatoms. The topological polar surface area (TPSA) is 84.0 Å². The number of hydrogen-bond acceptors (Lipinski definition) is 6. The van der Waals surface area contributed by atoms with E-state index >= 15 is 0 Å². The molecule has 1 aromatic heterocycles. The van der Waals surface area contributed by atoms with Gasteiger partial charge in [-0.05, 0) is 52.4 Å². The summed E-state index contributed by atoms with van der Waals surface area (Å²) in [5.41, 5.74) is 0. The molecule has 0 saturated heterocycles. The van der Waals surface area contributed by atoms with Crippen LogP contribution in [0.15, 0.2) is 0 Å². The number of hydrogen-bond donors (Lipinski definition) is 2. The first-order valence-electron chi connectivity index (χ1n) is 8.05. The van der Waals surface area contributed by atoms with E-state index in [1.54, 1.807) is 20.8 Å². The number of sulfonamides is 1. The smallest absolute Gasteiger partial charge is 0.358 e. The Kier molecular flexibility index (Phi) is 5.99. The Hall–Kier alpha value is -0.940. The van der Waals surface area contributed by atoms with Crippen LogP contribution in [0, 0.1) is 5.92 Å². The molecule has 1 heterocycles. The Balaban J connectivity index is 1.79. The average Bonchev–Trinajstić information content (AvgIpc) is 2.94. The molecule has 6 nitrogen and oxygen atoms in total. The van der Waals surface area contributed by atoms with Crippen LogP contribution >= 0.6 is 11.5 Å². The molecule has 25 heavy (non-hydrogen) atoms. The van der Waals surface area contributed by atoms with E-state index in [0.29, 0.717) is 18.1 Å². The van der Waals surface area contributed by atoms with E-state index in [1.165, 1.54) is 0 Å². The maximum atomic E-state index is 12.5. The maximum absolute atomic E-state index is 12.5. The lowest BCUT2D eigenvalue weighted by atomic mass is 9.86. The summed E-state index contributed by atoms with van der Waals surface area (Å²) in [5.74, 6) is -0.888. The Morgan fingerprint density at radius 3 is 2.24 bits per heavy atom. The number of alkyl halides is 3. The molecule has 0 bridgehead atoms. The lowest BCUT2D eigenvalue weighted by Crippen LogP contribution is -2.42. The van der Waals surface area contributed by atoms with E-state index in [1.807, 2.05) is 0 Å². The third kappa shape index (κ3) is 5.52. The van der Waals surface area contributed by atoms with Crippen molar-refractivity contribution in [1.29, 1.82) is 0 Å². The summed E-state index contributed by atoms with van der Waals surface area (Å²) in [6.45, 7) is 5.33. The van der Waals surface area contributed by atoms with Gasteiger partial charge in [0.05, 0.1) is 4.75 Å². The fraction of sp³-hybridized carbons (Fsp3) is 0.857. The number of aromatic nitrogens is 2. The second-order valence-electron chi connectivity index (χ2n) is 7.25. The number of nitrogens with zero attached hydrogens (tertiary/aromatic N) is 2. The molecule has 0 radical (unpaired) electrons. The van der Waals surface area contributed by atoms with Gasteiger partial charge in [-0.25, -0.2) is 13.1 Å². The summed E-state index contributed by atoms with van der Waals surface area (Å²) in [6, 6.07) is 0.0320. The molecule has 1 aliphatic rings. The van der Waals surface area contributed by atoms with Crippen molar-refractivity contribution in [1.82, 2.24) is 14.1 Å². The molecule has 1 saturated carbocycles. The number of anilines is 1. The Bertz CT molecular complexity index is 675. The van der Waals surface area contributed by atoms with Gasteiger partial charge in [0.15, 0.2) is 0 Å². The molecule has 2 rings (SSSR count). The van der Waals surface area contributed by atoms with Crippen LogP contribution in [-0.4, -0.2) is 35.1 Å². The number of rotatable bonds is 5. The van der Waals surface area contributed by atoms with Crippen LogP contribution in [0.3, 0.4) is 0 Å². The van der Waals surface area contributed by atoms with Crippen LogP contribution in [0.4, 0.5) is 18.3 Å². The van der Waals surface area contributed by atoms with Crippen molar-refractivity contribution >= 4 is 26.7 Å². The van der Waals surface area contributed by atoms with Crippen molar-refractivity contribution in [2.75, 3.05) is 11.9 Å². The highest BCUT2D eigenvalue weighted by Gasteiger charge is 2.36. The minimum atomic E-state index is -4.53. The molecular formula is C14H23F3N4O2S2. The van der Waals surface area contributed by atoms with Gasteiger partial charge in [-0.2, -0.15) is 22.5 Å². The van der Waals surface area contributed by atoms with Gasteiger partial charge < -0.3 is 5.32 Å². The molecule has 0 amide bonds. The highest BCUT2D eigenvalue weighted by Crippen LogP contribution is 2.31. The van der Waals surface area contributed by atoms with Gasteiger partial charge in [-0.15, -0.1) is 0 Å². The zero-order valence-electron chi connectivity index (χ0n) is 14.4. The first kappa shape index (κ1) is 20.4. The minimum absolute atomic E-state index is 0.0320. The maximum Gasteiger partial charge on any atom is 0.452 e. The average molecular weight is 400 g/mol. The highest BCUT2D eigenvalue weighted by atomic mass is 32.2. The van der Waals surface area contributed by atoms with Gasteiger partial charge in [-0.3, -0.25) is 0 Å². The van der Waals surface area contributed by atoms with Crippen LogP contribution in [0.2, 0.25) is 0 Å². The molecule has 0 aliphatic heterocycles. The third-order valence-electron chi connectivity index (χ3n) is 4.22. The Labute approximate surface area is 149 Å². The van der Waals surface area contributed by atoms with Gasteiger partial charge in [0.2, 0.25) is 21.0 Å². The van der Waals surface area contributed by atoms with Crippen molar-refractivity contribution in [3.8, 4) is 0 Å². The molecule has 0 atom stereocenters. The fourth-order valence-corrected chi connectivity index (χ4v) is 4.08. The largest absolute Gasteiger partial charge is 0.452 e. The normalized spacial score (nSPS) is 22.8. The molecule has 1 aliphatic carbocycles. The van der Waals surface area contributed by atoms with Gasteiger partial charge in [0.25, 0.3) is 0 Å². The predicted molar refractivity (Wildman–Crippen MR) is 91.0 cm³/mol. The van der Waals surface area contributed by atoms with Crippen LogP contribution in [0.25, 0.3) is 0 Å². The zero-order chi connectivity index (χ0) is 18.9. The Morgan fingerprint density at radius 1 is 1.16 bits per heavy atom. The van der Waals surface area contributed by atoms with E-state index in [9.17, 15) is 21.6 Å². The number of nitrogens with one attached hydrogen (secondary N) is 2. The zero-order valence-corrected chi connectivity index (χ0v) is 16.0. The second kappa shape index (κ2) is 7.36. The molecule has 1 fully saturated rings. The lowest BCUT2D eigenvalue weighted by Gasteiger charge is -2.30. The summed E-state index contributed by atoms with van der Waals surface area (Å²) in [5, 5.41) is 3.17. The molecule has 0 unspecified atom stereocenters. The van der Waals surface area contributed by atoms with E-state index in [0.717, 1.165) is 25.7 Å². The summed E-state index contributed by atoms with van der Waals surface area (Å²) < 4.78 is 66.7. The van der Waals surface area contributed by atoms with Crippen molar-refractivity contribution in [2.24, 2.45) is 5.92 Å². The summed E-state index contributed by atoms with van der Waals surface area (Å²) in [4.78, 5) is 3.47. The van der Waals surface area contributed by atoms with Crippen LogP contribution < -0.4 is 10.0 Å². The number of halogens is 3. The van der Waals surface area contributed by atoms with Gasteiger partial charge in [0.1, 0.15) is 0 Å². The predicted octanol–water partition coefficient (Wildman–Crippen LogP) is 3.25. The molecule has 2 N–H and O–H groups in total. The lowest BCUT2D eigenvalue weighted by molar-refractivity contribution is -0.144. The van der Waals surface area contributed by atoms with Crippen molar-refractivity contribution in [3.05, 3.63) is 5.82 Å². The first-order chi connectivity index (χ1) is 11.4. The van der Waals surface area contributed by atoms with E-state index in [-0.39, 0.29) is 17.1 Å². The van der Waals surface area contributed by atoms with Gasteiger partial charge >= 0.3 is 6.18 Å². The highest BCUT2D eigenvalue weighted by molar-refractivity contribution is 7.90. The van der Waals surface area contributed by atoms with Crippen molar-refractivity contribution in [3.63, 3.8) is 0 Å². The van der Waals surface area contributed by atoms with Crippen molar-refractivity contribution in [2.45, 2.75) is 63.4 Å². The Morgan fingerprint density at radius 2 is 1.76 bits per heavy atom. The molecule has 1 aromatic rings. The quantitative estimate of drug-likeness (QED) is 0.793. The van der Waals surface area contributed by atoms with Crippen LogP contribution in [0.1, 0.15) is 52.3 Å². The second-order valence-corrected chi connectivity index (χ2v) is 10.5. The van der Waals surface area contributed by atoms with E-state index in [2.05, 4.69) is 19.4 Å². The molecular weight excluding hydrogens is 377 g/mol. The summed E-state index contributed by atoms with van der Waals surface area (Å²) in [7, 11) is -3.36. The fourth-order valence-electron chi connectivity index (χ4n) is 2.53. The summed E-state index contributed by atoms with van der Waals surface area (Å²) in [6.07, 6.45) is -1.42. The molecule has 144 valence electrons. The summed E-state index contributed by atoms with van der Waals surface area (Å²) >= 11 is 0.703. The van der Waals surface area contributed by atoms with Crippen molar-refractivity contribution < 1.29 is 21.6 Å². The third-order valence-corrected chi connectivity index (χ3v) is 7.03. The standard InChI is InChI=1S/C14H23F3N4O2S2/c1-13(2,3)25(22,23)18-8-9-4-6-10(7-5-9)19-12-20-11(21-24-12)14(15,16)17/h9-10,18H,4-8H2,1-3H3,(H,19,20,21)/t9-,10-.